The number of esters is 1. The highest BCUT2D eigenvalue weighted by Crippen LogP contribution is 2.29. The van der Waals surface area contributed by atoms with E-state index < -0.39 is 0 Å². The van der Waals surface area contributed by atoms with Crippen LogP contribution in [0.4, 0.5) is 0 Å². The Morgan fingerprint density at radius 3 is 2.35 bits per heavy atom. The summed E-state index contributed by atoms with van der Waals surface area (Å²) >= 11 is 0. The van der Waals surface area contributed by atoms with Gasteiger partial charge in [-0.3, -0.25) is 4.79 Å². The van der Waals surface area contributed by atoms with E-state index in [1.807, 2.05) is 0 Å². The predicted octanol–water partition coefficient (Wildman–Crippen LogP) is 1.73. The van der Waals surface area contributed by atoms with E-state index in [0.717, 1.165) is 51.5 Å². The number of methoxy groups -OCH3 is 1. The van der Waals surface area contributed by atoms with E-state index in [2.05, 4.69) is 0 Å². The fourth-order valence-corrected chi connectivity index (χ4v) is 2.98. The highest BCUT2D eigenvalue weighted by Gasteiger charge is 2.36. The van der Waals surface area contributed by atoms with Crippen molar-refractivity contribution in [3.05, 3.63) is 0 Å². The first-order chi connectivity index (χ1) is 8.24. The van der Waals surface area contributed by atoms with E-state index in [1.165, 1.54) is 7.11 Å². The van der Waals surface area contributed by atoms with Crippen LogP contribution in [0.3, 0.4) is 0 Å². The number of likely N-dealkylation sites (tertiary alicyclic amines) is 1. The van der Waals surface area contributed by atoms with Gasteiger partial charge in [0.25, 0.3) is 0 Å². The molecule has 0 aromatic rings. The second kappa shape index (κ2) is 5.52. The highest BCUT2D eigenvalue weighted by atomic mass is 16.5. The Labute approximate surface area is 102 Å². The van der Waals surface area contributed by atoms with Gasteiger partial charge in [-0.1, -0.05) is 12.8 Å². The molecule has 1 amide bonds. The number of rotatable bonds is 2. The number of hydrogen-bond acceptors (Lipinski definition) is 3. The van der Waals surface area contributed by atoms with Gasteiger partial charge in [0.15, 0.2) is 0 Å². The largest absolute Gasteiger partial charge is 0.467 e. The van der Waals surface area contributed by atoms with Gasteiger partial charge in [0.05, 0.1) is 7.11 Å². The molecule has 2 aliphatic rings. The quantitative estimate of drug-likeness (QED) is 0.689. The third-order valence-electron chi connectivity index (χ3n) is 3.96. The molecular formula is C13H21NO3. The van der Waals surface area contributed by atoms with Crippen LogP contribution in [0.15, 0.2) is 0 Å². The van der Waals surface area contributed by atoms with Gasteiger partial charge in [-0.15, -0.1) is 0 Å². The van der Waals surface area contributed by atoms with Crippen molar-refractivity contribution in [3.63, 3.8) is 0 Å². The van der Waals surface area contributed by atoms with Gasteiger partial charge in [-0.2, -0.15) is 0 Å². The molecule has 4 heteroatoms. The molecule has 0 radical (unpaired) electrons. The molecule has 4 nitrogen and oxygen atoms in total. The molecular weight excluding hydrogens is 218 g/mol. The van der Waals surface area contributed by atoms with E-state index in [9.17, 15) is 9.59 Å². The Morgan fingerprint density at radius 1 is 1.06 bits per heavy atom. The third-order valence-corrected chi connectivity index (χ3v) is 3.96. The number of carbonyl (C=O) groups is 2. The predicted molar refractivity (Wildman–Crippen MR) is 63.3 cm³/mol. The maximum Gasteiger partial charge on any atom is 0.328 e. The van der Waals surface area contributed by atoms with Gasteiger partial charge in [0, 0.05) is 12.5 Å². The molecule has 0 bridgehead atoms. The van der Waals surface area contributed by atoms with Gasteiger partial charge in [0.1, 0.15) is 6.04 Å². The summed E-state index contributed by atoms with van der Waals surface area (Å²) in [6, 6.07) is -0.332. The van der Waals surface area contributed by atoms with Crippen LogP contribution in [-0.2, 0) is 14.3 Å². The van der Waals surface area contributed by atoms with Crippen LogP contribution < -0.4 is 0 Å². The van der Waals surface area contributed by atoms with E-state index in [1.54, 1.807) is 4.90 Å². The van der Waals surface area contributed by atoms with Gasteiger partial charge in [-0.25, -0.2) is 4.79 Å². The zero-order chi connectivity index (χ0) is 12.3. The molecule has 1 atom stereocenters. The molecule has 0 aromatic heterocycles. The third kappa shape index (κ3) is 2.61. The molecule has 0 aromatic carbocycles. The minimum atomic E-state index is -0.332. The zero-order valence-electron chi connectivity index (χ0n) is 10.5. The second-order valence-electron chi connectivity index (χ2n) is 5.05. The molecule has 17 heavy (non-hydrogen) atoms. The van der Waals surface area contributed by atoms with Crippen LogP contribution in [0.5, 0.6) is 0 Å². The van der Waals surface area contributed by atoms with Crippen molar-refractivity contribution < 1.29 is 14.3 Å². The van der Waals surface area contributed by atoms with Gasteiger partial charge in [-0.05, 0) is 32.1 Å². The first-order valence-electron chi connectivity index (χ1n) is 6.62. The standard InChI is InChI=1S/C13H21NO3/c1-17-13(16)11-8-4-5-9-14(11)12(15)10-6-2-3-7-10/h10-11H,2-9H2,1H3/t11-/m1/s1. The highest BCUT2D eigenvalue weighted by molar-refractivity contribution is 5.86. The summed E-state index contributed by atoms with van der Waals surface area (Å²) in [5, 5.41) is 0. The molecule has 1 heterocycles. The van der Waals surface area contributed by atoms with E-state index >= 15 is 0 Å². The summed E-state index contributed by atoms with van der Waals surface area (Å²) in [4.78, 5) is 25.8. The van der Waals surface area contributed by atoms with Crippen molar-refractivity contribution in [2.75, 3.05) is 13.7 Å². The monoisotopic (exact) mass is 239 g/mol. The minimum Gasteiger partial charge on any atom is -0.467 e. The van der Waals surface area contributed by atoms with E-state index in [4.69, 9.17) is 4.74 Å². The molecule has 0 N–H and O–H groups in total. The van der Waals surface area contributed by atoms with Crippen molar-refractivity contribution in [2.45, 2.75) is 51.0 Å². The lowest BCUT2D eigenvalue weighted by Gasteiger charge is -2.35. The fraction of sp³-hybridized carbons (Fsp3) is 0.846. The average molecular weight is 239 g/mol. The summed E-state index contributed by atoms with van der Waals surface area (Å²) in [7, 11) is 1.40. The van der Waals surface area contributed by atoms with Gasteiger partial charge < -0.3 is 9.64 Å². The second-order valence-corrected chi connectivity index (χ2v) is 5.05. The first kappa shape index (κ1) is 12.4. The molecule has 1 saturated heterocycles. The van der Waals surface area contributed by atoms with E-state index in [0.29, 0.717) is 0 Å². The Hall–Kier alpha value is -1.06. The molecule has 1 saturated carbocycles. The molecule has 96 valence electrons. The first-order valence-corrected chi connectivity index (χ1v) is 6.62. The van der Waals surface area contributed by atoms with Crippen LogP contribution in [-0.4, -0.2) is 36.5 Å². The number of carbonyl (C=O) groups excluding carboxylic acids is 2. The number of piperidine rings is 1. The Bertz CT molecular complexity index is 297. The van der Waals surface area contributed by atoms with Crippen LogP contribution >= 0.6 is 0 Å². The van der Waals surface area contributed by atoms with Crippen molar-refractivity contribution in [3.8, 4) is 0 Å². The summed E-state index contributed by atoms with van der Waals surface area (Å²) in [5.41, 5.74) is 0. The van der Waals surface area contributed by atoms with E-state index in [-0.39, 0.29) is 23.8 Å². The maximum atomic E-state index is 12.3. The Balaban J connectivity index is 2.04. The molecule has 1 aliphatic heterocycles. The lowest BCUT2D eigenvalue weighted by molar-refractivity contribution is -0.156. The van der Waals surface area contributed by atoms with Gasteiger partial charge >= 0.3 is 5.97 Å². The zero-order valence-corrected chi connectivity index (χ0v) is 10.5. The fourth-order valence-electron chi connectivity index (χ4n) is 2.98. The van der Waals surface area contributed by atoms with Crippen LogP contribution in [0.25, 0.3) is 0 Å². The maximum absolute atomic E-state index is 12.3. The van der Waals surface area contributed by atoms with Crippen LogP contribution in [0, 0.1) is 5.92 Å². The number of hydrogen-bond donors (Lipinski definition) is 0. The summed E-state index contributed by atoms with van der Waals surface area (Å²) < 4.78 is 4.80. The minimum absolute atomic E-state index is 0.153. The summed E-state index contributed by atoms with van der Waals surface area (Å²) in [6.07, 6.45) is 7.04. The van der Waals surface area contributed by atoms with Crippen molar-refractivity contribution in [2.24, 2.45) is 5.92 Å². The number of ether oxygens (including phenoxy) is 1. The van der Waals surface area contributed by atoms with Crippen LogP contribution in [0.2, 0.25) is 0 Å². The molecule has 1 aliphatic carbocycles. The normalized spacial score (nSPS) is 25.9. The van der Waals surface area contributed by atoms with Crippen LogP contribution in [0.1, 0.15) is 44.9 Å². The average Bonchev–Trinajstić information content (AvgIpc) is 2.91. The SMILES string of the molecule is COC(=O)[C@H]1CCCCN1C(=O)C1CCCC1. The molecule has 2 rings (SSSR count). The topological polar surface area (TPSA) is 46.6 Å². The summed E-state index contributed by atoms with van der Waals surface area (Å²) in [5.74, 6) is 0.0777. The smallest absolute Gasteiger partial charge is 0.328 e. The number of nitrogens with zero attached hydrogens (tertiary/aromatic N) is 1. The Kier molecular flexibility index (Phi) is 4.02. The Morgan fingerprint density at radius 2 is 1.71 bits per heavy atom. The van der Waals surface area contributed by atoms with Crippen molar-refractivity contribution in [1.82, 2.24) is 4.90 Å². The summed E-state index contributed by atoms with van der Waals surface area (Å²) in [6.45, 7) is 0.717. The molecule has 0 unspecified atom stereocenters. The molecule has 0 spiro atoms. The number of amides is 1. The molecule has 2 fully saturated rings. The van der Waals surface area contributed by atoms with Crippen molar-refractivity contribution in [1.29, 1.82) is 0 Å². The van der Waals surface area contributed by atoms with Crippen molar-refractivity contribution >= 4 is 11.9 Å². The lowest BCUT2D eigenvalue weighted by atomic mass is 9.98. The lowest BCUT2D eigenvalue weighted by Crippen LogP contribution is -2.50. The van der Waals surface area contributed by atoms with Gasteiger partial charge in [0.2, 0.25) is 5.91 Å².